The van der Waals surface area contributed by atoms with Crippen molar-refractivity contribution in [1.82, 2.24) is 0 Å². The third-order valence-corrected chi connectivity index (χ3v) is 2.02. The van der Waals surface area contributed by atoms with Gasteiger partial charge in [0, 0.05) is 11.5 Å². The molecule has 65 valence electrons. The van der Waals surface area contributed by atoms with Crippen LogP contribution >= 0.6 is 0 Å². The van der Waals surface area contributed by atoms with E-state index in [1.54, 1.807) is 6.07 Å². The number of hydrogen-bond donors (Lipinski definition) is 0. The number of nitriles is 1. The molecular formula is C10H6F2N. The number of benzene rings is 1. The van der Waals surface area contributed by atoms with Crippen molar-refractivity contribution in [3.63, 3.8) is 0 Å². The van der Waals surface area contributed by atoms with Crippen LogP contribution < -0.4 is 0 Å². The molecule has 0 aromatic heterocycles. The van der Waals surface area contributed by atoms with Crippen molar-refractivity contribution in [2.75, 3.05) is 0 Å². The Kier molecular flexibility index (Phi) is 1.77. The smallest absolute Gasteiger partial charge is 0.131 e. The first-order valence-corrected chi connectivity index (χ1v) is 3.96. The third kappa shape index (κ3) is 1.40. The van der Waals surface area contributed by atoms with Crippen LogP contribution in [0.25, 0.3) is 0 Å². The fraction of sp³-hybridized carbons (Fsp3) is 0.200. The molecule has 0 aliphatic heterocycles. The van der Waals surface area contributed by atoms with E-state index >= 15 is 0 Å². The van der Waals surface area contributed by atoms with Gasteiger partial charge in [0.15, 0.2) is 0 Å². The summed E-state index contributed by atoms with van der Waals surface area (Å²) < 4.78 is 26.4. The number of rotatable bonds is 1. The van der Waals surface area contributed by atoms with E-state index in [2.05, 4.69) is 0 Å². The molecule has 0 heterocycles. The van der Waals surface area contributed by atoms with E-state index in [4.69, 9.17) is 5.26 Å². The van der Waals surface area contributed by atoms with E-state index < -0.39 is 11.6 Å². The fourth-order valence-corrected chi connectivity index (χ4v) is 1.29. The SMILES string of the molecule is N#Cc1cc(F)c([C]2CC2)c(F)c1. The van der Waals surface area contributed by atoms with Crippen LogP contribution in [0, 0.1) is 28.9 Å². The van der Waals surface area contributed by atoms with Crippen LogP contribution in [0.15, 0.2) is 12.1 Å². The molecule has 0 N–H and O–H groups in total. The molecule has 0 spiro atoms. The van der Waals surface area contributed by atoms with Crippen LogP contribution in [-0.2, 0) is 0 Å². The molecule has 1 nitrogen and oxygen atoms in total. The summed E-state index contributed by atoms with van der Waals surface area (Å²) in [6.07, 6.45) is 1.53. The molecule has 0 unspecified atom stereocenters. The van der Waals surface area contributed by atoms with Gasteiger partial charge < -0.3 is 0 Å². The first-order valence-electron chi connectivity index (χ1n) is 3.96. The maximum atomic E-state index is 13.2. The van der Waals surface area contributed by atoms with Gasteiger partial charge in [-0.15, -0.1) is 0 Å². The first-order chi connectivity index (χ1) is 6.22. The maximum absolute atomic E-state index is 13.2. The molecule has 1 fully saturated rings. The summed E-state index contributed by atoms with van der Waals surface area (Å²) in [7, 11) is 0. The largest absolute Gasteiger partial charge is 0.207 e. The van der Waals surface area contributed by atoms with Crippen LogP contribution in [0.4, 0.5) is 8.78 Å². The zero-order valence-corrected chi connectivity index (χ0v) is 6.77. The lowest BCUT2D eigenvalue weighted by molar-refractivity contribution is 0.568. The average Bonchev–Trinajstić information content (AvgIpc) is 2.87. The Morgan fingerprint density at radius 2 is 1.69 bits per heavy atom. The van der Waals surface area contributed by atoms with Crippen LogP contribution in [0.5, 0.6) is 0 Å². The molecule has 1 aromatic rings. The van der Waals surface area contributed by atoms with Crippen molar-refractivity contribution < 1.29 is 8.78 Å². The maximum Gasteiger partial charge on any atom is 0.131 e. The van der Waals surface area contributed by atoms with Crippen molar-refractivity contribution in [2.24, 2.45) is 0 Å². The van der Waals surface area contributed by atoms with Crippen molar-refractivity contribution >= 4 is 0 Å². The van der Waals surface area contributed by atoms with Gasteiger partial charge in [-0.05, 0) is 25.0 Å². The van der Waals surface area contributed by atoms with Gasteiger partial charge in [0.1, 0.15) is 11.6 Å². The highest BCUT2D eigenvalue weighted by Crippen LogP contribution is 2.41. The molecule has 1 saturated carbocycles. The average molecular weight is 178 g/mol. The second-order valence-corrected chi connectivity index (χ2v) is 3.03. The van der Waals surface area contributed by atoms with Crippen LogP contribution in [0.3, 0.4) is 0 Å². The summed E-state index contributed by atoms with van der Waals surface area (Å²) in [6, 6.07) is 3.85. The Balaban J connectivity index is 2.52. The molecule has 1 aromatic carbocycles. The second kappa shape index (κ2) is 2.81. The third-order valence-electron chi connectivity index (χ3n) is 2.02. The highest BCUT2D eigenvalue weighted by atomic mass is 19.1. The van der Waals surface area contributed by atoms with Crippen LogP contribution in [0.2, 0.25) is 0 Å². The summed E-state index contributed by atoms with van der Waals surface area (Å²) in [4.78, 5) is 0. The van der Waals surface area contributed by atoms with Crippen LogP contribution in [-0.4, -0.2) is 0 Å². The number of nitrogens with zero attached hydrogens (tertiary/aromatic N) is 1. The van der Waals surface area contributed by atoms with E-state index in [1.165, 1.54) is 0 Å². The number of halogens is 2. The minimum atomic E-state index is -0.621. The topological polar surface area (TPSA) is 23.8 Å². The molecule has 1 aliphatic rings. The van der Waals surface area contributed by atoms with E-state index in [0.717, 1.165) is 30.9 Å². The Hall–Kier alpha value is -1.43. The minimum Gasteiger partial charge on any atom is -0.207 e. The van der Waals surface area contributed by atoms with Gasteiger partial charge in [-0.25, -0.2) is 8.78 Å². The van der Waals surface area contributed by atoms with Crippen LogP contribution in [0.1, 0.15) is 24.0 Å². The van der Waals surface area contributed by atoms with E-state index in [0.29, 0.717) is 0 Å². The summed E-state index contributed by atoms with van der Waals surface area (Å²) >= 11 is 0. The lowest BCUT2D eigenvalue weighted by atomic mass is 10.1. The second-order valence-electron chi connectivity index (χ2n) is 3.03. The van der Waals surface area contributed by atoms with E-state index in [9.17, 15) is 8.78 Å². The lowest BCUT2D eigenvalue weighted by Gasteiger charge is -2.02. The van der Waals surface area contributed by atoms with Gasteiger partial charge in [-0.1, -0.05) is 0 Å². The van der Waals surface area contributed by atoms with E-state index in [1.807, 2.05) is 0 Å². The molecule has 0 saturated heterocycles. The Morgan fingerprint density at radius 3 is 2.08 bits per heavy atom. The molecule has 2 rings (SSSR count). The minimum absolute atomic E-state index is 0.0278. The lowest BCUT2D eigenvalue weighted by Crippen LogP contribution is -1.95. The molecule has 1 aliphatic carbocycles. The summed E-state index contributed by atoms with van der Waals surface area (Å²) in [6.45, 7) is 0. The van der Waals surface area contributed by atoms with Gasteiger partial charge in [0.25, 0.3) is 0 Å². The van der Waals surface area contributed by atoms with Gasteiger partial charge in [-0.2, -0.15) is 5.26 Å². The Bertz CT molecular complexity index is 365. The summed E-state index contributed by atoms with van der Waals surface area (Å²) in [5, 5.41) is 8.44. The predicted molar refractivity (Wildman–Crippen MR) is 42.7 cm³/mol. The fourth-order valence-electron chi connectivity index (χ4n) is 1.29. The first kappa shape index (κ1) is 8.18. The molecular weight excluding hydrogens is 172 g/mol. The van der Waals surface area contributed by atoms with Gasteiger partial charge in [0.2, 0.25) is 0 Å². The van der Waals surface area contributed by atoms with Crippen molar-refractivity contribution in [1.29, 1.82) is 5.26 Å². The van der Waals surface area contributed by atoms with Gasteiger partial charge in [-0.3, -0.25) is 0 Å². The van der Waals surface area contributed by atoms with Gasteiger partial charge >= 0.3 is 0 Å². The Labute approximate surface area is 74.6 Å². The quantitative estimate of drug-likeness (QED) is 0.648. The van der Waals surface area contributed by atoms with E-state index in [-0.39, 0.29) is 11.1 Å². The molecule has 1 radical (unpaired) electrons. The zero-order valence-electron chi connectivity index (χ0n) is 6.77. The number of hydrogen-bond acceptors (Lipinski definition) is 1. The highest BCUT2D eigenvalue weighted by molar-refractivity contribution is 5.44. The molecule has 0 atom stereocenters. The zero-order chi connectivity index (χ0) is 9.42. The molecule has 0 amide bonds. The summed E-state index contributed by atoms with van der Waals surface area (Å²) in [5.74, 6) is -0.437. The van der Waals surface area contributed by atoms with Gasteiger partial charge in [0.05, 0.1) is 11.6 Å². The standard InChI is InChI=1S/C10H6F2N/c11-8-3-6(5-13)4-9(12)10(8)7-1-2-7/h3-4H,1-2H2. The molecule has 0 bridgehead atoms. The van der Waals surface area contributed by atoms with Crippen molar-refractivity contribution in [3.8, 4) is 6.07 Å². The monoisotopic (exact) mass is 178 g/mol. The molecule has 13 heavy (non-hydrogen) atoms. The normalized spacial score (nSPS) is 15.5. The predicted octanol–water partition coefficient (Wildman–Crippen LogP) is 2.55. The van der Waals surface area contributed by atoms with Crippen molar-refractivity contribution in [2.45, 2.75) is 12.8 Å². The highest BCUT2D eigenvalue weighted by Gasteiger charge is 2.30. The molecule has 3 heteroatoms. The summed E-state index contributed by atoms with van der Waals surface area (Å²) in [5.41, 5.74) is 0.0963. The Morgan fingerprint density at radius 1 is 1.15 bits per heavy atom. The van der Waals surface area contributed by atoms with Crippen molar-refractivity contribution in [3.05, 3.63) is 40.8 Å².